The molecule has 1 aliphatic heterocycles. The van der Waals surface area contributed by atoms with Crippen molar-refractivity contribution in [3.05, 3.63) is 29.8 Å². The number of halogens is 2. The van der Waals surface area contributed by atoms with Crippen LogP contribution in [0.15, 0.2) is 24.3 Å². The lowest BCUT2D eigenvalue weighted by atomic mass is 9.85. The highest BCUT2D eigenvalue weighted by atomic mass is 19.3. The molecule has 3 nitrogen and oxygen atoms in total. The molecule has 0 radical (unpaired) electrons. The summed E-state index contributed by atoms with van der Waals surface area (Å²) in [6, 6.07) is 7.11. The highest BCUT2D eigenvalue weighted by Gasteiger charge is 2.28. The van der Waals surface area contributed by atoms with Gasteiger partial charge in [0.25, 0.3) is 0 Å². The Morgan fingerprint density at radius 2 is 2.10 bits per heavy atom. The van der Waals surface area contributed by atoms with Gasteiger partial charge in [-0.25, -0.2) is 0 Å². The van der Waals surface area contributed by atoms with Crippen LogP contribution in [-0.2, 0) is 4.74 Å². The molecule has 118 valence electrons. The molecule has 1 saturated heterocycles. The standard InChI is InChI=1S/C16H23F2NO2/c1-16(2,3)14-7-8-20-13(10-19-14)11-5-4-6-12(9-11)21-15(17)18/h4-6,9,13-15,19H,7-8,10H2,1-3H3. The second kappa shape index (κ2) is 6.71. The summed E-state index contributed by atoms with van der Waals surface area (Å²) in [5.74, 6) is 0.169. The van der Waals surface area contributed by atoms with E-state index >= 15 is 0 Å². The number of nitrogens with one attached hydrogen (secondary N) is 1. The molecule has 0 spiro atoms. The zero-order valence-corrected chi connectivity index (χ0v) is 12.7. The maximum atomic E-state index is 12.3. The Labute approximate surface area is 124 Å². The summed E-state index contributed by atoms with van der Waals surface area (Å²) in [6.45, 7) is 5.10. The van der Waals surface area contributed by atoms with Gasteiger partial charge in [0.1, 0.15) is 5.75 Å². The van der Waals surface area contributed by atoms with E-state index in [2.05, 4.69) is 30.8 Å². The molecular formula is C16H23F2NO2. The molecule has 5 heteroatoms. The van der Waals surface area contributed by atoms with Crippen molar-refractivity contribution in [2.24, 2.45) is 5.41 Å². The number of ether oxygens (including phenoxy) is 2. The summed E-state index contributed by atoms with van der Waals surface area (Å²) >= 11 is 0. The lowest BCUT2D eigenvalue weighted by Crippen LogP contribution is -2.40. The molecule has 1 fully saturated rings. The molecule has 0 amide bonds. The maximum Gasteiger partial charge on any atom is 0.387 e. The largest absolute Gasteiger partial charge is 0.435 e. The third-order valence-corrected chi connectivity index (χ3v) is 3.78. The van der Waals surface area contributed by atoms with Gasteiger partial charge >= 0.3 is 6.61 Å². The predicted octanol–water partition coefficient (Wildman–Crippen LogP) is 3.75. The second-order valence-electron chi connectivity index (χ2n) is 6.43. The van der Waals surface area contributed by atoms with Gasteiger partial charge in [0.15, 0.2) is 0 Å². The van der Waals surface area contributed by atoms with Crippen molar-refractivity contribution in [3.63, 3.8) is 0 Å². The van der Waals surface area contributed by atoms with Crippen LogP contribution in [-0.4, -0.2) is 25.8 Å². The van der Waals surface area contributed by atoms with Crippen molar-refractivity contribution >= 4 is 0 Å². The van der Waals surface area contributed by atoms with Crippen LogP contribution in [0.3, 0.4) is 0 Å². The Hall–Kier alpha value is -1.20. The van der Waals surface area contributed by atoms with Crippen LogP contribution in [0.1, 0.15) is 38.9 Å². The predicted molar refractivity (Wildman–Crippen MR) is 77.6 cm³/mol. The van der Waals surface area contributed by atoms with Gasteiger partial charge in [0.05, 0.1) is 6.10 Å². The summed E-state index contributed by atoms with van der Waals surface area (Å²) in [5, 5.41) is 3.52. The number of rotatable bonds is 3. The summed E-state index contributed by atoms with van der Waals surface area (Å²) in [6.07, 6.45) is 0.798. The van der Waals surface area contributed by atoms with E-state index in [0.717, 1.165) is 12.0 Å². The van der Waals surface area contributed by atoms with Crippen LogP contribution in [0.2, 0.25) is 0 Å². The minimum atomic E-state index is -2.81. The van der Waals surface area contributed by atoms with Crippen molar-refractivity contribution in [1.82, 2.24) is 5.32 Å². The van der Waals surface area contributed by atoms with E-state index in [1.807, 2.05) is 6.07 Å². The first-order valence-electron chi connectivity index (χ1n) is 7.26. The molecule has 1 aliphatic rings. The molecule has 1 N–H and O–H groups in total. The van der Waals surface area contributed by atoms with Crippen molar-refractivity contribution in [2.45, 2.75) is 45.9 Å². The van der Waals surface area contributed by atoms with Gasteiger partial charge in [0.2, 0.25) is 0 Å². The normalized spacial score (nSPS) is 23.9. The van der Waals surface area contributed by atoms with Gasteiger partial charge in [-0.05, 0) is 29.5 Å². The van der Waals surface area contributed by atoms with E-state index in [9.17, 15) is 8.78 Å². The van der Waals surface area contributed by atoms with Crippen LogP contribution in [0.25, 0.3) is 0 Å². The zero-order valence-electron chi connectivity index (χ0n) is 12.7. The van der Waals surface area contributed by atoms with Crippen LogP contribution < -0.4 is 10.1 Å². The molecule has 1 aromatic rings. The van der Waals surface area contributed by atoms with Crippen molar-refractivity contribution in [3.8, 4) is 5.75 Å². The highest BCUT2D eigenvalue weighted by Crippen LogP contribution is 2.28. The molecule has 2 rings (SSSR count). The zero-order chi connectivity index (χ0) is 15.5. The Morgan fingerprint density at radius 3 is 2.76 bits per heavy atom. The number of alkyl halides is 2. The number of hydrogen-bond acceptors (Lipinski definition) is 3. The lowest BCUT2D eigenvalue weighted by Gasteiger charge is -2.30. The first kappa shape index (κ1) is 16.2. The quantitative estimate of drug-likeness (QED) is 0.922. The first-order chi connectivity index (χ1) is 9.86. The van der Waals surface area contributed by atoms with Gasteiger partial charge in [0, 0.05) is 19.2 Å². The molecular weight excluding hydrogens is 276 g/mol. The fraction of sp³-hybridized carbons (Fsp3) is 0.625. The van der Waals surface area contributed by atoms with E-state index < -0.39 is 6.61 Å². The van der Waals surface area contributed by atoms with E-state index in [1.54, 1.807) is 12.1 Å². The van der Waals surface area contributed by atoms with Crippen molar-refractivity contribution in [1.29, 1.82) is 0 Å². The topological polar surface area (TPSA) is 30.5 Å². The number of benzene rings is 1. The van der Waals surface area contributed by atoms with Crippen molar-refractivity contribution < 1.29 is 18.3 Å². The average Bonchev–Trinajstić information content (AvgIpc) is 2.63. The van der Waals surface area contributed by atoms with Crippen molar-refractivity contribution in [2.75, 3.05) is 13.2 Å². The third kappa shape index (κ3) is 4.64. The summed E-state index contributed by atoms with van der Waals surface area (Å²) < 4.78 is 34.9. The molecule has 21 heavy (non-hydrogen) atoms. The third-order valence-electron chi connectivity index (χ3n) is 3.78. The smallest absolute Gasteiger partial charge is 0.387 e. The second-order valence-corrected chi connectivity index (χ2v) is 6.43. The Kier molecular flexibility index (Phi) is 5.17. The highest BCUT2D eigenvalue weighted by molar-refractivity contribution is 5.30. The molecule has 0 bridgehead atoms. The summed E-state index contributed by atoms with van der Waals surface area (Å²) in [5.41, 5.74) is 1.02. The van der Waals surface area contributed by atoms with Gasteiger partial charge in [-0.1, -0.05) is 32.9 Å². The number of hydrogen-bond donors (Lipinski definition) is 1. The minimum absolute atomic E-state index is 0.140. The molecule has 1 heterocycles. The van der Waals surface area contributed by atoms with Crippen LogP contribution in [0.4, 0.5) is 8.78 Å². The minimum Gasteiger partial charge on any atom is -0.435 e. The first-order valence-corrected chi connectivity index (χ1v) is 7.26. The summed E-state index contributed by atoms with van der Waals surface area (Å²) in [7, 11) is 0. The Balaban J connectivity index is 2.05. The van der Waals surface area contributed by atoms with E-state index in [1.165, 1.54) is 6.07 Å². The fourth-order valence-electron chi connectivity index (χ4n) is 2.58. The monoisotopic (exact) mass is 299 g/mol. The van der Waals surface area contributed by atoms with Gasteiger partial charge < -0.3 is 14.8 Å². The fourth-order valence-corrected chi connectivity index (χ4v) is 2.58. The molecule has 0 saturated carbocycles. The van der Waals surface area contributed by atoms with Crippen LogP contribution in [0, 0.1) is 5.41 Å². The van der Waals surface area contributed by atoms with E-state index in [0.29, 0.717) is 19.2 Å². The van der Waals surface area contributed by atoms with Crippen LogP contribution >= 0.6 is 0 Å². The van der Waals surface area contributed by atoms with E-state index in [-0.39, 0.29) is 17.3 Å². The van der Waals surface area contributed by atoms with E-state index in [4.69, 9.17) is 4.74 Å². The van der Waals surface area contributed by atoms with Gasteiger partial charge in [-0.2, -0.15) is 8.78 Å². The molecule has 2 unspecified atom stereocenters. The molecule has 2 atom stereocenters. The molecule has 0 aliphatic carbocycles. The Bertz CT molecular complexity index is 460. The maximum absolute atomic E-state index is 12.3. The average molecular weight is 299 g/mol. The van der Waals surface area contributed by atoms with Gasteiger partial charge in [-0.3, -0.25) is 0 Å². The Morgan fingerprint density at radius 1 is 1.33 bits per heavy atom. The van der Waals surface area contributed by atoms with Gasteiger partial charge in [-0.15, -0.1) is 0 Å². The summed E-state index contributed by atoms with van der Waals surface area (Å²) in [4.78, 5) is 0. The van der Waals surface area contributed by atoms with Crippen LogP contribution in [0.5, 0.6) is 5.75 Å². The lowest BCUT2D eigenvalue weighted by molar-refractivity contribution is -0.0500. The molecule has 0 aromatic heterocycles. The SMILES string of the molecule is CC(C)(C)C1CCOC(c2cccc(OC(F)F)c2)CN1. The molecule has 1 aromatic carbocycles.